The van der Waals surface area contributed by atoms with E-state index >= 15 is 0 Å². The van der Waals surface area contributed by atoms with Gasteiger partial charge in [0.1, 0.15) is 5.82 Å². The van der Waals surface area contributed by atoms with Gasteiger partial charge in [-0.15, -0.1) is 11.3 Å². The third kappa shape index (κ3) is 5.24. The van der Waals surface area contributed by atoms with Gasteiger partial charge in [-0.3, -0.25) is 0 Å². The Hall–Kier alpha value is -2.40. The van der Waals surface area contributed by atoms with Crippen molar-refractivity contribution in [3.63, 3.8) is 0 Å². The topological polar surface area (TPSA) is 81.2 Å². The lowest BCUT2D eigenvalue weighted by Gasteiger charge is -2.08. The van der Waals surface area contributed by atoms with Crippen LogP contribution in [0.3, 0.4) is 0 Å². The molecule has 0 saturated carbocycles. The number of rotatable bonds is 6. The number of hydrogen-bond donors (Lipinski definition) is 0. The lowest BCUT2D eigenvalue weighted by atomic mass is 10.1. The SMILES string of the molecule is CS(=O)(=O)c1ccccc1-c1sc(S(=O)(=O)Cc2cccc(Br)c2)nc1-c1ccc(F)cc1. The normalized spacial score (nSPS) is 12.1. The zero-order valence-electron chi connectivity index (χ0n) is 17.2. The fourth-order valence-electron chi connectivity index (χ4n) is 3.30. The number of thiazole rings is 1. The van der Waals surface area contributed by atoms with Gasteiger partial charge in [-0.25, -0.2) is 26.2 Å². The second-order valence-electron chi connectivity index (χ2n) is 7.32. The van der Waals surface area contributed by atoms with Gasteiger partial charge in [0.2, 0.25) is 14.2 Å². The van der Waals surface area contributed by atoms with Crippen molar-refractivity contribution < 1.29 is 21.2 Å². The molecule has 4 rings (SSSR count). The van der Waals surface area contributed by atoms with E-state index in [2.05, 4.69) is 20.9 Å². The highest BCUT2D eigenvalue weighted by atomic mass is 79.9. The molecule has 1 heterocycles. The van der Waals surface area contributed by atoms with E-state index in [1.165, 1.54) is 30.3 Å². The molecule has 0 aliphatic rings. The molecule has 0 aliphatic heterocycles. The zero-order chi connectivity index (χ0) is 23.8. The van der Waals surface area contributed by atoms with Crippen molar-refractivity contribution in [1.29, 1.82) is 0 Å². The molecule has 10 heteroatoms. The summed E-state index contributed by atoms with van der Waals surface area (Å²) in [7, 11) is -7.44. The van der Waals surface area contributed by atoms with Gasteiger partial charge in [-0.1, -0.05) is 46.3 Å². The Bertz CT molecular complexity index is 1550. The molecule has 0 fully saturated rings. The average Bonchev–Trinajstić information content (AvgIpc) is 3.20. The maximum Gasteiger partial charge on any atom is 0.210 e. The summed E-state index contributed by atoms with van der Waals surface area (Å²) < 4.78 is 65.4. The van der Waals surface area contributed by atoms with Crippen LogP contribution in [-0.4, -0.2) is 28.1 Å². The van der Waals surface area contributed by atoms with Crippen LogP contribution in [0.2, 0.25) is 0 Å². The molecule has 0 spiro atoms. The molecule has 4 aromatic rings. The summed E-state index contributed by atoms with van der Waals surface area (Å²) in [6.07, 6.45) is 1.09. The van der Waals surface area contributed by atoms with Gasteiger partial charge in [0.25, 0.3) is 0 Å². The van der Waals surface area contributed by atoms with E-state index in [1.807, 2.05) is 0 Å². The molecule has 0 unspecified atom stereocenters. The van der Waals surface area contributed by atoms with Gasteiger partial charge in [0.15, 0.2) is 9.84 Å². The molecule has 1 aromatic heterocycles. The van der Waals surface area contributed by atoms with Crippen molar-refractivity contribution in [2.45, 2.75) is 15.0 Å². The highest BCUT2D eigenvalue weighted by Crippen LogP contribution is 2.41. The van der Waals surface area contributed by atoms with E-state index in [1.54, 1.807) is 42.5 Å². The van der Waals surface area contributed by atoms with Crippen molar-refractivity contribution in [1.82, 2.24) is 4.98 Å². The van der Waals surface area contributed by atoms with Gasteiger partial charge in [-0.2, -0.15) is 0 Å². The number of hydrogen-bond acceptors (Lipinski definition) is 6. The number of benzene rings is 3. The predicted molar refractivity (Wildman–Crippen MR) is 131 cm³/mol. The Labute approximate surface area is 203 Å². The van der Waals surface area contributed by atoms with Crippen LogP contribution in [0, 0.1) is 5.82 Å². The maximum absolute atomic E-state index is 13.5. The Balaban J connectivity index is 1.91. The smallest absolute Gasteiger partial charge is 0.210 e. The molecule has 0 aliphatic carbocycles. The van der Waals surface area contributed by atoms with Crippen molar-refractivity contribution in [2.75, 3.05) is 6.26 Å². The summed E-state index contributed by atoms with van der Waals surface area (Å²) in [5.41, 5.74) is 1.69. The van der Waals surface area contributed by atoms with E-state index < -0.39 is 25.5 Å². The molecule has 170 valence electrons. The predicted octanol–water partition coefficient (Wildman–Crippen LogP) is 5.76. The first-order chi connectivity index (χ1) is 15.5. The first-order valence-electron chi connectivity index (χ1n) is 9.58. The molecular formula is C23H17BrFNO4S3. The number of halogens is 2. The molecule has 0 amide bonds. The van der Waals surface area contributed by atoms with Crippen LogP contribution in [0.5, 0.6) is 0 Å². The van der Waals surface area contributed by atoms with Crippen LogP contribution >= 0.6 is 27.3 Å². The first kappa shape index (κ1) is 23.7. The monoisotopic (exact) mass is 565 g/mol. The highest BCUT2D eigenvalue weighted by molar-refractivity contribution is 9.10. The molecule has 0 N–H and O–H groups in total. The van der Waals surface area contributed by atoms with Gasteiger partial charge < -0.3 is 0 Å². The van der Waals surface area contributed by atoms with Crippen molar-refractivity contribution >= 4 is 46.9 Å². The van der Waals surface area contributed by atoms with Crippen molar-refractivity contribution in [3.8, 4) is 21.7 Å². The first-order valence-corrected chi connectivity index (χ1v) is 14.7. The summed E-state index contributed by atoms with van der Waals surface area (Å²) >= 11 is 4.24. The van der Waals surface area contributed by atoms with E-state index in [9.17, 15) is 21.2 Å². The van der Waals surface area contributed by atoms with E-state index in [-0.39, 0.29) is 20.7 Å². The van der Waals surface area contributed by atoms with Crippen LogP contribution in [0.4, 0.5) is 4.39 Å². The Morgan fingerprint density at radius 2 is 1.64 bits per heavy atom. The minimum Gasteiger partial charge on any atom is -0.224 e. The van der Waals surface area contributed by atoms with Crippen LogP contribution in [-0.2, 0) is 25.4 Å². The molecule has 33 heavy (non-hydrogen) atoms. The lowest BCUT2D eigenvalue weighted by molar-refractivity contribution is 0.594. The summed E-state index contributed by atoms with van der Waals surface area (Å²) in [6.45, 7) is 0. The Kier molecular flexibility index (Phi) is 6.54. The Morgan fingerprint density at radius 1 is 0.939 bits per heavy atom. The summed E-state index contributed by atoms with van der Waals surface area (Å²) in [5, 5.41) is 0. The highest BCUT2D eigenvalue weighted by Gasteiger charge is 2.27. The van der Waals surface area contributed by atoms with Gasteiger partial charge in [0.05, 0.1) is 21.2 Å². The van der Waals surface area contributed by atoms with Gasteiger partial charge >= 0.3 is 0 Å². The molecule has 5 nitrogen and oxygen atoms in total. The Morgan fingerprint density at radius 3 is 2.30 bits per heavy atom. The van der Waals surface area contributed by atoms with Crippen LogP contribution < -0.4 is 0 Å². The van der Waals surface area contributed by atoms with E-state index in [4.69, 9.17) is 0 Å². The number of sulfone groups is 2. The van der Waals surface area contributed by atoms with Crippen LogP contribution in [0.15, 0.2) is 86.5 Å². The largest absolute Gasteiger partial charge is 0.224 e. The lowest BCUT2D eigenvalue weighted by Crippen LogP contribution is -2.04. The summed E-state index contributed by atoms with van der Waals surface area (Å²) in [5.74, 6) is -0.717. The van der Waals surface area contributed by atoms with Gasteiger partial charge in [-0.05, 0) is 48.0 Å². The minimum absolute atomic E-state index is 0.0629. The average molecular weight is 566 g/mol. The zero-order valence-corrected chi connectivity index (χ0v) is 21.2. The van der Waals surface area contributed by atoms with Crippen LogP contribution in [0.1, 0.15) is 5.56 Å². The second-order valence-corrected chi connectivity index (χ2v) is 13.4. The molecule has 0 bridgehead atoms. The van der Waals surface area contributed by atoms with E-state index in [0.29, 0.717) is 21.6 Å². The second kappa shape index (κ2) is 9.09. The minimum atomic E-state index is -3.84. The fourth-order valence-corrected chi connectivity index (χ4v) is 7.48. The quantitative estimate of drug-likeness (QED) is 0.297. The van der Waals surface area contributed by atoms with E-state index in [0.717, 1.165) is 22.1 Å². The maximum atomic E-state index is 13.5. The molecule has 3 aromatic carbocycles. The van der Waals surface area contributed by atoms with Crippen molar-refractivity contribution in [3.05, 3.63) is 88.6 Å². The molecule has 0 radical (unpaired) electrons. The van der Waals surface area contributed by atoms with Gasteiger partial charge in [0, 0.05) is 21.9 Å². The fraction of sp³-hybridized carbons (Fsp3) is 0.0870. The third-order valence-electron chi connectivity index (χ3n) is 4.77. The molecular weight excluding hydrogens is 549 g/mol. The number of nitrogens with zero attached hydrogens (tertiary/aromatic N) is 1. The number of aromatic nitrogens is 1. The van der Waals surface area contributed by atoms with Crippen LogP contribution in [0.25, 0.3) is 21.7 Å². The standard InChI is InChI=1S/C23H17BrFNO4S3/c1-32(27,28)20-8-3-2-7-19(20)22-21(16-9-11-18(25)12-10-16)26-23(31-22)33(29,30)14-15-5-4-6-17(24)13-15/h2-13H,14H2,1H3. The summed E-state index contributed by atoms with van der Waals surface area (Å²) in [4.78, 5) is 4.85. The molecule has 0 saturated heterocycles. The van der Waals surface area contributed by atoms with Crippen molar-refractivity contribution in [2.24, 2.45) is 0 Å². The summed E-state index contributed by atoms with van der Waals surface area (Å²) in [6, 6.07) is 18.8. The third-order valence-corrected chi connectivity index (χ3v) is 9.65. The molecule has 0 atom stereocenters.